The Kier molecular flexibility index (Phi) is 8.31. The van der Waals surface area contributed by atoms with Gasteiger partial charge < -0.3 is 15.0 Å². The number of H-pyrrole nitrogens is 1. The number of alkyl halides is 3. The molecule has 2 aromatic carbocycles. The molecule has 0 unspecified atom stereocenters. The predicted octanol–water partition coefficient (Wildman–Crippen LogP) is 3.42. The fourth-order valence-corrected chi connectivity index (χ4v) is 6.86. The van der Waals surface area contributed by atoms with Gasteiger partial charge in [0.1, 0.15) is 0 Å². The Morgan fingerprint density at radius 3 is 2.49 bits per heavy atom. The van der Waals surface area contributed by atoms with Gasteiger partial charge in [-0.3, -0.25) is 14.3 Å². The molecule has 222 valence electrons. The molecule has 0 spiro atoms. The van der Waals surface area contributed by atoms with Crippen LogP contribution in [0.1, 0.15) is 30.0 Å². The molecular weight excluding hydrogens is 608 g/mol. The predicted molar refractivity (Wildman–Crippen MR) is 149 cm³/mol. The molecule has 0 amide bonds. The van der Waals surface area contributed by atoms with Gasteiger partial charge in [0.25, 0.3) is 5.56 Å². The summed E-state index contributed by atoms with van der Waals surface area (Å²) in [6.07, 6.45) is -4.10. The molecule has 0 aliphatic carbocycles. The summed E-state index contributed by atoms with van der Waals surface area (Å²) < 4.78 is 73.9. The molecule has 3 aromatic rings. The average molecular weight is 635 g/mol. The maximum atomic E-state index is 14.3. The quantitative estimate of drug-likeness (QED) is 0.390. The van der Waals surface area contributed by atoms with Crippen LogP contribution in [0.2, 0.25) is 10.0 Å². The Hall–Kier alpha value is -2.42. The zero-order valence-electron chi connectivity index (χ0n) is 21.9. The lowest BCUT2D eigenvalue weighted by atomic mass is 10.0. The number of hydrogen-bond acceptors (Lipinski definition) is 7. The van der Waals surface area contributed by atoms with Crippen LogP contribution in [0.25, 0.3) is 10.9 Å². The number of nitrogens with one attached hydrogen (secondary N) is 2. The summed E-state index contributed by atoms with van der Waals surface area (Å²) in [5.41, 5.74) is -3.48. The second-order valence-electron chi connectivity index (χ2n) is 10.2. The van der Waals surface area contributed by atoms with E-state index in [-0.39, 0.29) is 56.0 Å². The van der Waals surface area contributed by atoms with Crippen LogP contribution in [0.15, 0.2) is 38.8 Å². The van der Waals surface area contributed by atoms with E-state index in [1.54, 1.807) is 0 Å². The van der Waals surface area contributed by atoms with E-state index >= 15 is 0 Å². The van der Waals surface area contributed by atoms with Crippen molar-refractivity contribution in [3.05, 3.63) is 71.8 Å². The number of nitrogens with zero attached hydrogens (tertiary/aromatic N) is 2. The highest BCUT2D eigenvalue weighted by atomic mass is 35.5. The van der Waals surface area contributed by atoms with E-state index < -0.39 is 44.8 Å². The SMILES string of the molecule is CCS(=O)(=O)c1ccc(Cl)cc1Cn1c(=O)[nH]c2c(Cl)c(CN3CC[C@@H](NC4COC4)C3)c(C(F)(F)F)cc2c1=O. The van der Waals surface area contributed by atoms with Gasteiger partial charge in [-0.25, -0.2) is 13.2 Å². The second kappa shape index (κ2) is 11.3. The van der Waals surface area contributed by atoms with Gasteiger partial charge in [-0.05, 0) is 41.8 Å². The third-order valence-electron chi connectivity index (χ3n) is 7.46. The number of fused-ring (bicyclic) bond motifs is 1. The van der Waals surface area contributed by atoms with Gasteiger partial charge in [0, 0.05) is 30.7 Å². The number of likely N-dealkylation sites (tertiary alicyclic amines) is 1. The van der Waals surface area contributed by atoms with Gasteiger partial charge in [-0.15, -0.1) is 0 Å². The number of benzene rings is 2. The molecule has 9 nitrogen and oxygen atoms in total. The number of hydrogen-bond donors (Lipinski definition) is 2. The molecule has 2 saturated heterocycles. The first-order chi connectivity index (χ1) is 19.3. The summed E-state index contributed by atoms with van der Waals surface area (Å²) in [4.78, 5) is 30.7. The third-order valence-corrected chi connectivity index (χ3v) is 9.94. The fourth-order valence-electron chi connectivity index (χ4n) is 5.25. The highest BCUT2D eigenvalue weighted by Crippen LogP contribution is 2.39. The van der Waals surface area contributed by atoms with Gasteiger partial charge in [-0.1, -0.05) is 30.1 Å². The maximum Gasteiger partial charge on any atom is 0.416 e. The van der Waals surface area contributed by atoms with E-state index in [0.29, 0.717) is 36.9 Å². The molecule has 3 heterocycles. The zero-order valence-corrected chi connectivity index (χ0v) is 24.2. The molecule has 0 saturated carbocycles. The fraction of sp³-hybridized carbons (Fsp3) is 0.462. The first kappa shape index (κ1) is 30.1. The molecule has 2 fully saturated rings. The number of aromatic amines is 1. The van der Waals surface area contributed by atoms with Crippen LogP contribution >= 0.6 is 23.2 Å². The van der Waals surface area contributed by atoms with Crippen molar-refractivity contribution < 1.29 is 26.3 Å². The average Bonchev–Trinajstić information content (AvgIpc) is 3.32. The van der Waals surface area contributed by atoms with Gasteiger partial charge in [0.15, 0.2) is 9.84 Å². The van der Waals surface area contributed by atoms with Crippen LogP contribution < -0.4 is 16.6 Å². The van der Waals surface area contributed by atoms with Crippen molar-refractivity contribution in [2.75, 3.05) is 32.1 Å². The van der Waals surface area contributed by atoms with E-state index in [1.165, 1.54) is 25.1 Å². The summed E-state index contributed by atoms with van der Waals surface area (Å²) in [5.74, 6) is -0.249. The van der Waals surface area contributed by atoms with Crippen LogP contribution in [0.4, 0.5) is 13.2 Å². The van der Waals surface area contributed by atoms with Crippen molar-refractivity contribution >= 4 is 43.9 Å². The first-order valence-electron chi connectivity index (χ1n) is 12.9. The lowest BCUT2D eigenvalue weighted by Gasteiger charge is -2.30. The molecule has 1 atom stereocenters. The molecule has 2 N–H and O–H groups in total. The summed E-state index contributed by atoms with van der Waals surface area (Å²) in [7, 11) is -3.76. The van der Waals surface area contributed by atoms with Crippen molar-refractivity contribution in [1.82, 2.24) is 19.8 Å². The Bertz CT molecular complexity index is 1720. The molecular formula is C26H27Cl2F3N4O5S. The summed E-state index contributed by atoms with van der Waals surface area (Å²) >= 11 is 12.5. The van der Waals surface area contributed by atoms with E-state index in [4.69, 9.17) is 27.9 Å². The smallest absolute Gasteiger partial charge is 0.378 e. The third kappa shape index (κ3) is 6.06. The summed E-state index contributed by atoms with van der Waals surface area (Å²) in [6, 6.07) is 4.95. The molecule has 2 aliphatic rings. The highest BCUT2D eigenvalue weighted by molar-refractivity contribution is 7.91. The minimum Gasteiger partial charge on any atom is -0.378 e. The minimum absolute atomic E-state index is 0.0516. The van der Waals surface area contributed by atoms with Crippen LogP contribution in [0, 0.1) is 0 Å². The van der Waals surface area contributed by atoms with Crippen LogP contribution in [-0.2, 0) is 33.8 Å². The lowest BCUT2D eigenvalue weighted by Crippen LogP contribution is -2.51. The van der Waals surface area contributed by atoms with E-state index in [2.05, 4.69) is 10.3 Å². The minimum atomic E-state index is -4.84. The van der Waals surface area contributed by atoms with Crippen molar-refractivity contribution in [3.8, 4) is 0 Å². The maximum absolute atomic E-state index is 14.3. The van der Waals surface area contributed by atoms with E-state index in [9.17, 15) is 31.2 Å². The van der Waals surface area contributed by atoms with Crippen molar-refractivity contribution in [2.24, 2.45) is 0 Å². The van der Waals surface area contributed by atoms with Crippen LogP contribution in [0.5, 0.6) is 0 Å². The normalized spacial score (nSPS) is 18.7. The van der Waals surface area contributed by atoms with Crippen LogP contribution in [0.3, 0.4) is 0 Å². The largest absolute Gasteiger partial charge is 0.416 e. The molecule has 1 aromatic heterocycles. The van der Waals surface area contributed by atoms with E-state index in [0.717, 1.165) is 6.42 Å². The molecule has 5 rings (SSSR count). The van der Waals surface area contributed by atoms with Crippen molar-refractivity contribution in [3.63, 3.8) is 0 Å². The van der Waals surface area contributed by atoms with Gasteiger partial charge in [0.05, 0.1) is 57.9 Å². The van der Waals surface area contributed by atoms with Crippen molar-refractivity contribution in [2.45, 2.75) is 49.6 Å². The van der Waals surface area contributed by atoms with Gasteiger partial charge in [0.2, 0.25) is 0 Å². The Morgan fingerprint density at radius 2 is 1.85 bits per heavy atom. The van der Waals surface area contributed by atoms with E-state index in [1.807, 2.05) is 4.90 Å². The summed E-state index contributed by atoms with van der Waals surface area (Å²) in [5, 5.41) is 2.77. The standard InChI is InChI=1S/C26H27Cl2F3N4O5S/c1-2-41(38,39)21-4-3-15(27)7-14(21)9-35-24(36)18-8-20(26(29,30)31)19(22(28)23(18)33-25(35)37)11-34-6-5-16(10-34)32-17-12-40-13-17/h3-4,7-8,16-17,32H,2,5-6,9-13H2,1H3,(H,33,37)/t16-/m1/s1. The first-order valence-corrected chi connectivity index (χ1v) is 15.3. The number of sulfone groups is 1. The molecule has 2 aliphatic heterocycles. The Labute approximate surface area is 243 Å². The summed E-state index contributed by atoms with van der Waals surface area (Å²) in [6.45, 7) is 3.01. The van der Waals surface area contributed by atoms with Gasteiger partial charge >= 0.3 is 11.9 Å². The number of aromatic nitrogens is 2. The number of halogens is 5. The Morgan fingerprint density at radius 1 is 1.12 bits per heavy atom. The van der Waals surface area contributed by atoms with Gasteiger partial charge in [-0.2, -0.15) is 13.2 Å². The number of rotatable bonds is 8. The Balaban J connectivity index is 1.56. The monoisotopic (exact) mass is 634 g/mol. The molecule has 15 heteroatoms. The van der Waals surface area contributed by atoms with Crippen molar-refractivity contribution in [1.29, 1.82) is 0 Å². The lowest BCUT2D eigenvalue weighted by molar-refractivity contribution is -0.138. The molecule has 41 heavy (non-hydrogen) atoms. The highest BCUT2D eigenvalue weighted by Gasteiger charge is 2.37. The van der Waals surface area contributed by atoms with Crippen LogP contribution in [-0.4, -0.2) is 67.0 Å². The second-order valence-corrected chi connectivity index (χ2v) is 13.3. The number of ether oxygens (including phenoxy) is 1. The zero-order chi connectivity index (χ0) is 29.7. The molecule has 0 bridgehead atoms. The molecule has 0 radical (unpaired) electrons. The topological polar surface area (TPSA) is 114 Å².